The van der Waals surface area contributed by atoms with Gasteiger partial charge in [0.2, 0.25) is 0 Å². The third-order valence-electron chi connectivity index (χ3n) is 10.5. The number of carbonyl (C=O) groups is 1. The maximum Gasteiger partial charge on any atom is 0.312 e. The molecule has 0 aliphatic heterocycles. The van der Waals surface area contributed by atoms with Gasteiger partial charge in [0, 0.05) is 5.92 Å². The van der Waals surface area contributed by atoms with Gasteiger partial charge in [-0.25, -0.2) is 0 Å². The Balaban J connectivity index is 1.91. The lowest BCUT2D eigenvalue weighted by Gasteiger charge is -2.50. The minimum Gasteiger partial charge on any atom is -0.458 e. The minimum absolute atomic E-state index is 0.0690. The van der Waals surface area contributed by atoms with Gasteiger partial charge in [-0.3, -0.25) is 4.79 Å². The third-order valence-corrected chi connectivity index (χ3v) is 10.5. The Labute approximate surface area is 174 Å². The van der Waals surface area contributed by atoms with Crippen LogP contribution in [0.15, 0.2) is 0 Å². The first kappa shape index (κ1) is 22.2. The van der Waals surface area contributed by atoms with Crippen molar-refractivity contribution in [2.45, 2.75) is 119 Å². The average Bonchev–Trinajstić information content (AvgIpc) is 3.08. The normalized spacial score (nSPS) is 36.6. The van der Waals surface area contributed by atoms with Crippen LogP contribution in [-0.4, -0.2) is 11.6 Å². The Morgan fingerprint density at radius 3 is 2.07 bits per heavy atom. The Morgan fingerprint density at radius 2 is 1.57 bits per heavy atom. The molecular formula is C26H46O2. The van der Waals surface area contributed by atoms with Gasteiger partial charge >= 0.3 is 5.97 Å². The smallest absolute Gasteiger partial charge is 0.312 e. The van der Waals surface area contributed by atoms with Gasteiger partial charge in [0.25, 0.3) is 0 Å². The van der Waals surface area contributed by atoms with Crippen LogP contribution in [0.25, 0.3) is 0 Å². The van der Waals surface area contributed by atoms with Gasteiger partial charge in [0.15, 0.2) is 0 Å². The van der Waals surface area contributed by atoms with Crippen molar-refractivity contribution in [3.8, 4) is 0 Å². The molecule has 4 fully saturated rings. The van der Waals surface area contributed by atoms with Crippen LogP contribution in [0.5, 0.6) is 0 Å². The second-order valence-electron chi connectivity index (χ2n) is 11.8. The maximum atomic E-state index is 14.0. The van der Waals surface area contributed by atoms with Crippen molar-refractivity contribution in [1.29, 1.82) is 0 Å². The molecule has 6 unspecified atom stereocenters. The molecular weight excluding hydrogens is 344 g/mol. The van der Waals surface area contributed by atoms with E-state index >= 15 is 0 Å². The molecule has 0 saturated heterocycles. The SMILES string of the molecule is CCC(C)(CC)CC(C)(C(=O)OC1(CC)C2CC3CC(C2)C1C3)C(C)(C)CC. The predicted octanol–water partition coefficient (Wildman–Crippen LogP) is 7.40. The van der Waals surface area contributed by atoms with Crippen LogP contribution >= 0.6 is 0 Å². The van der Waals surface area contributed by atoms with E-state index in [0.717, 1.165) is 43.9 Å². The van der Waals surface area contributed by atoms with E-state index in [-0.39, 0.29) is 22.4 Å². The number of rotatable bonds is 9. The van der Waals surface area contributed by atoms with E-state index < -0.39 is 5.41 Å². The van der Waals surface area contributed by atoms with E-state index in [1.54, 1.807) is 0 Å². The van der Waals surface area contributed by atoms with Crippen LogP contribution in [0.2, 0.25) is 0 Å². The third kappa shape index (κ3) is 3.16. The first-order valence-electron chi connectivity index (χ1n) is 12.2. The highest BCUT2D eigenvalue weighted by atomic mass is 16.6. The van der Waals surface area contributed by atoms with E-state index in [4.69, 9.17) is 4.74 Å². The summed E-state index contributed by atoms with van der Waals surface area (Å²) in [7, 11) is 0. The Morgan fingerprint density at radius 1 is 0.929 bits per heavy atom. The molecule has 2 heteroatoms. The highest BCUT2D eigenvalue weighted by Gasteiger charge is 2.65. The summed E-state index contributed by atoms with van der Waals surface area (Å²) >= 11 is 0. The Bertz CT molecular complexity index is 585. The summed E-state index contributed by atoms with van der Waals surface area (Å²) in [4.78, 5) is 14.0. The van der Waals surface area contributed by atoms with Crippen molar-refractivity contribution in [3.05, 3.63) is 0 Å². The van der Waals surface area contributed by atoms with E-state index in [1.165, 1.54) is 25.7 Å². The van der Waals surface area contributed by atoms with Gasteiger partial charge in [-0.1, -0.05) is 61.3 Å². The summed E-state index contributed by atoms with van der Waals surface area (Å²) in [6, 6.07) is 0. The summed E-state index contributed by atoms with van der Waals surface area (Å²) in [5.41, 5.74) is -0.494. The summed E-state index contributed by atoms with van der Waals surface area (Å²) in [5, 5.41) is 0. The molecule has 4 aliphatic rings. The highest BCUT2D eigenvalue weighted by Crippen LogP contribution is 2.65. The standard InChI is InChI=1S/C26H46O2/c1-9-23(5,6)25(8,17-24(7,10-2)11-3)22(27)28-26(12-4)20-14-18-13-19(16-20)21(26)15-18/h18-21H,9-17H2,1-8H3. The fraction of sp³-hybridized carbons (Fsp3) is 0.962. The monoisotopic (exact) mass is 390 g/mol. The molecule has 0 radical (unpaired) electrons. The minimum atomic E-state index is -0.440. The lowest BCUT2D eigenvalue weighted by molar-refractivity contribution is -0.197. The predicted molar refractivity (Wildman–Crippen MR) is 117 cm³/mol. The van der Waals surface area contributed by atoms with Crippen molar-refractivity contribution >= 4 is 5.97 Å². The molecule has 4 rings (SSSR count). The first-order chi connectivity index (χ1) is 13.0. The van der Waals surface area contributed by atoms with Gasteiger partial charge in [-0.15, -0.1) is 0 Å². The lowest BCUT2D eigenvalue weighted by atomic mass is 9.57. The molecule has 0 spiro atoms. The van der Waals surface area contributed by atoms with Crippen molar-refractivity contribution in [2.75, 3.05) is 0 Å². The average molecular weight is 391 g/mol. The van der Waals surface area contributed by atoms with Gasteiger partial charge in [-0.05, 0) is 80.5 Å². The topological polar surface area (TPSA) is 26.3 Å². The lowest BCUT2D eigenvalue weighted by Crippen LogP contribution is -2.53. The molecule has 0 aromatic heterocycles. The first-order valence-corrected chi connectivity index (χ1v) is 12.2. The van der Waals surface area contributed by atoms with Crippen LogP contribution in [0.3, 0.4) is 0 Å². The van der Waals surface area contributed by atoms with Crippen LogP contribution in [-0.2, 0) is 9.53 Å². The number of hydrogen-bond donors (Lipinski definition) is 0. The zero-order chi connectivity index (χ0) is 21.0. The fourth-order valence-electron chi connectivity index (χ4n) is 7.26. The summed E-state index contributed by atoms with van der Waals surface area (Å²) in [5.74, 6) is 3.07. The largest absolute Gasteiger partial charge is 0.458 e. The van der Waals surface area contributed by atoms with Gasteiger partial charge < -0.3 is 4.74 Å². The molecule has 2 nitrogen and oxygen atoms in total. The molecule has 0 N–H and O–H groups in total. The summed E-state index contributed by atoms with van der Waals surface area (Å²) in [6.07, 6.45) is 10.4. The molecule has 28 heavy (non-hydrogen) atoms. The number of carbonyl (C=O) groups excluding carboxylic acids is 1. The zero-order valence-electron chi connectivity index (χ0n) is 20.0. The Kier molecular flexibility index (Phi) is 5.79. The van der Waals surface area contributed by atoms with E-state index in [2.05, 4.69) is 55.4 Å². The van der Waals surface area contributed by atoms with Crippen LogP contribution in [0, 0.1) is 39.9 Å². The van der Waals surface area contributed by atoms with Crippen molar-refractivity contribution in [2.24, 2.45) is 39.9 Å². The fourth-order valence-corrected chi connectivity index (χ4v) is 7.26. The number of hydrogen-bond acceptors (Lipinski definition) is 2. The second kappa shape index (κ2) is 7.31. The molecule has 0 aromatic carbocycles. The molecule has 4 aliphatic carbocycles. The van der Waals surface area contributed by atoms with Crippen LogP contribution < -0.4 is 0 Å². The van der Waals surface area contributed by atoms with Gasteiger partial charge in [0.05, 0.1) is 5.41 Å². The molecule has 4 bridgehead atoms. The molecule has 4 saturated carbocycles. The van der Waals surface area contributed by atoms with Crippen LogP contribution in [0.1, 0.15) is 113 Å². The molecule has 0 heterocycles. The van der Waals surface area contributed by atoms with Crippen molar-refractivity contribution in [3.63, 3.8) is 0 Å². The van der Waals surface area contributed by atoms with E-state index in [1.807, 2.05) is 0 Å². The van der Waals surface area contributed by atoms with Gasteiger partial charge in [0.1, 0.15) is 5.60 Å². The number of esters is 1. The number of ether oxygens (including phenoxy) is 1. The van der Waals surface area contributed by atoms with Gasteiger partial charge in [-0.2, -0.15) is 0 Å². The molecule has 162 valence electrons. The van der Waals surface area contributed by atoms with E-state index in [0.29, 0.717) is 11.8 Å². The Hall–Kier alpha value is -0.530. The quantitative estimate of drug-likeness (QED) is 0.383. The summed E-state index contributed by atoms with van der Waals surface area (Å²) < 4.78 is 6.76. The van der Waals surface area contributed by atoms with Crippen molar-refractivity contribution in [1.82, 2.24) is 0 Å². The van der Waals surface area contributed by atoms with Crippen LogP contribution in [0.4, 0.5) is 0 Å². The maximum absolute atomic E-state index is 14.0. The van der Waals surface area contributed by atoms with E-state index in [9.17, 15) is 4.79 Å². The van der Waals surface area contributed by atoms with Crippen molar-refractivity contribution < 1.29 is 9.53 Å². The molecule has 6 atom stereocenters. The molecule has 0 amide bonds. The highest BCUT2D eigenvalue weighted by molar-refractivity contribution is 5.78. The molecule has 0 aromatic rings. The second-order valence-corrected chi connectivity index (χ2v) is 11.8. The summed E-state index contributed by atoms with van der Waals surface area (Å²) in [6.45, 7) is 18.2. The zero-order valence-corrected chi connectivity index (χ0v) is 20.0.